The molecule has 2 aromatic carbocycles. The molecule has 2 aromatic rings. The van der Waals surface area contributed by atoms with E-state index in [1.165, 1.54) is 4.31 Å². The summed E-state index contributed by atoms with van der Waals surface area (Å²) in [6.07, 6.45) is 0. The minimum absolute atomic E-state index is 0.302. The monoisotopic (exact) mass is 275 g/mol. The van der Waals surface area contributed by atoms with E-state index < -0.39 is 10.0 Å². The van der Waals surface area contributed by atoms with Gasteiger partial charge in [0.15, 0.2) is 0 Å². The van der Waals surface area contributed by atoms with Gasteiger partial charge >= 0.3 is 0 Å². The lowest BCUT2D eigenvalue weighted by Crippen LogP contribution is -2.26. The predicted molar refractivity (Wildman–Crippen MR) is 77.9 cm³/mol. The fraction of sp³-hybridized carbons (Fsp3) is 0.200. The van der Waals surface area contributed by atoms with Crippen molar-refractivity contribution in [1.82, 2.24) is 0 Å². The summed E-state index contributed by atoms with van der Waals surface area (Å²) < 4.78 is 26.2. The van der Waals surface area contributed by atoms with Gasteiger partial charge in [0.25, 0.3) is 10.0 Å². The van der Waals surface area contributed by atoms with Gasteiger partial charge in [0.2, 0.25) is 0 Å². The number of hydrogen-bond donors (Lipinski definition) is 0. The van der Waals surface area contributed by atoms with E-state index in [2.05, 4.69) is 0 Å². The van der Waals surface area contributed by atoms with Crippen LogP contribution in [0.3, 0.4) is 0 Å². The second-order valence-electron chi connectivity index (χ2n) is 4.55. The van der Waals surface area contributed by atoms with Crippen LogP contribution in [0.2, 0.25) is 0 Å². The minimum atomic E-state index is -3.49. The SMILES string of the molecule is Cc1ccc(N(C)S(=O)(=O)c2ccccc2)cc1C. The first-order valence-electron chi connectivity index (χ1n) is 6.04. The zero-order valence-electron chi connectivity index (χ0n) is 11.3. The Morgan fingerprint density at radius 1 is 0.895 bits per heavy atom. The van der Waals surface area contributed by atoms with Gasteiger partial charge in [-0.1, -0.05) is 24.3 Å². The van der Waals surface area contributed by atoms with Gasteiger partial charge in [-0.25, -0.2) is 8.42 Å². The molecule has 0 aliphatic rings. The lowest BCUT2D eigenvalue weighted by atomic mass is 10.1. The Morgan fingerprint density at radius 3 is 2.11 bits per heavy atom. The lowest BCUT2D eigenvalue weighted by molar-refractivity contribution is 0.594. The van der Waals surface area contributed by atoms with E-state index in [4.69, 9.17) is 0 Å². The summed E-state index contributed by atoms with van der Waals surface area (Å²) in [7, 11) is -1.91. The molecular formula is C15H17NO2S. The van der Waals surface area contributed by atoms with Crippen molar-refractivity contribution in [3.8, 4) is 0 Å². The van der Waals surface area contributed by atoms with Crippen molar-refractivity contribution < 1.29 is 8.42 Å². The molecule has 0 amide bonds. The number of hydrogen-bond acceptors (Lipinski definition) is 2. The molecule has 0 heterocycles. The summed E-state index contributed by atoms with van der Waals surface area (Å²) in [5, 5.41) is 0. The van der Waals surface area contributed by atoms with Gasteiger partial charge in [-0.15, -0.1) is 0 Å². The van der Waals surface area contributed by atoms with Crippen LogP contribution in [0.15, 0.2) is 53.4 Å². The van der Waals surface area contributed by atoms with Crippen molar-refractivity contribution in [2.45, 2.75) is 18.7 Å². The fourth-order valence-corrected chi connectivity index (χ4v) is 3.02. The maximum absolute atomic E-state index is 12.5. The molecule has 0 N–H and O–H groups in total. The number of benzene rings is 2. The van der Waals surface area contributed by atoms with Gasteiger partial charge in [-0.3, -0.25) is 4.31 Å². The molecule has 2 rings (SSSR count). The van der Waals surface area contributed by atoms with Gasteiger partial charge < -0.3 is 0 Å². The first-order valence-corrected chi connectivity index (χ1v) is 7.48. The molecule has 100 valence electrons. The average molecular weight is 275 g/mol. The molecule has 0 aromatic heterocycles. The molecule has 0 saturated carbocycles. The van der Waals surface area contributed by atoms with Crippen LogP contribution in [0.5, 0.6) is 0 Å². The number of nitrogens with zero attached hydrogens (tertiary/aromatic N) is 1. The number of rotatable bonds is 3. The van der Waals surface area contributed by atoms with Crippen molar-refractivity contribution in [1.29, 1.82) is 0 Å². The Hall–Kier alpha value is -1.81. The van der Waals surface area contributed by atoms with Gasteiger partial charge in [-0.2, -0.15) is 0 Å². The minimum Gasteiger partial charge on any atom is -0.269 e. The molecule has 0 radical (unpaired) electrons. The average Bonchev–Trinajstić information content (AvgIpc) is 2.42. The van der Waals surface area contributed by atoms with E-state index in [-0.39, 0.29) is 0 Å². The van der Waals surface area contributed by atoms with E-state index in [1.54, 1.807) is 37.4 Å². The maximum atomic E-state index is 12.5. The highest BCUT2D eigenvalue weighted by Gasteiger charge is 2.20. The molecule has 0 fully saturated rings. The molecular weight excluding hydrogens is 258 g/mol. The van der Waals surface area contributed by atoms with E-state index >= 15 is 0 Å². The van der Waals surface area contributed by atoms with Gasteiger partial charge in [0, 0.05) is 7.05 Å². The lowest BCUT2D eigenvalue weighted by Gasteiger charge is -2.20. The smallest absolute Gasteiger partial charge is 0.264 e. The van der Waals surface area contributed by atoms with E-state index in [9.17, 15) is 8.42 Å². The highest BCUT2D eigenvalue weighted by atomic mass is 32.2. The predicted octanol–water partition coefficient (Wildman–Crippen LogP) is 3.13. The Kier molecular flexibility index (Phi) is 3.62. The zero-order chi connectivity index (χ0) is 14.0. The quantitative estimate of drug-likeness (QED) is 0.863. The van der Waals surface area contributed by atoms with Gasteiger partial charge in [-0.05, 0) is 49.2 Å². The van der Waals surface area contributed by atoms with Crippen LogP contribution < -0.4 is 4.31 Å². The third kappa shape index (κ3) is 2.63. The molecule has 3 nitrogen and oxygen atoms in total. The molecule has 0 aliphatic heterocycles. The summed E-state index contributed by atoms with van der Waals surface area (Å²) >= 11 is 0. The zero-order valence-corrected chi connectivity index (χ0v) is 12.1. The molecule has 4 heteroatoms. The third-order valence-electron chi connectivity index (χ3n) is 3.26. The van der Waals surface area contributed by atoms with Crippen LogP contribution in [-0.2, 0) is 10.0 Å². The van der Waals surface area contributed by atoms with Crippen LogP contribution >= 0.6 is 0 Å². The Balaban J connectivity index is 2.44. The van der Waals surface area contributed by atoms with Gasteiger partial charge in [0.1, 0.15) is 0 Å². The standard InChI is InChI=1S/C15H17NO2S/c1-12-9-10-14(11-13(12)2)16(3)19(17,18)15-7-5-4-6-8-15/h4-11H,1-3H3. The van der Waals surface area contributed by atoms with E-state index in [1.807, 2.05) is 32.0 Å². The van der Waals surface area contributed by atoms with Crippen molar-refractivity contribution in [3.63, 3.8) is 0 Å². The summed E-state index contributed by atoms with van der Waals surface area (Å²) in [6.45, 7) is 3.98. The molecule has 19 heavy (non-hydrogen) atoms. The normalized spacial score (nSPS) is 11.3. The van der Waals surface area contributed by atoms with E-state index in [0.717, 1.165) is 11.1 Å². The first kappa shape index (κ1) is 13.6. The van der Waals surface area contributed by atoms with Crippen molar-refractivity contribution in [3.05, 3.63) is 59.7 Å². The second-order valence-corrected chi connectivity index (χ2v) is 6.52. The Labute approximate surface area is 114 Å². The van der Waals surface area contributed by atoms with Crippen LogP contribution in [-0.4, -0.2) is 15.5 Å². The number of sulfonamides is 1. The topological polar surface area (TPSA) is 37.4 Å². The molecule has 0 aliphatic carbocycles. The van der Waals surface area contributed by atoms with Crippen LogP contribution in [0.25, 0.3) is 0 Å². The van der Waals surface area contributed by atoms with Crippen LogP contribution in [0.1, 0.15) is 11.1 Å². The molecule has 0 saturated heterocycles. The largest absolute Gasteiger partial charge is 0.269 e. The van der Waals surface area contributed by atoms with Gasteiger partial charge in [0.05, 0.1) is 10.6 Å². The van der Waals surface area contributed by atoms with Crippen molar-refractivity contribution in [2.24, 2.45) is 0 Å². The molecule has 0 spiro atoms. The Bertz CT molecular complexity index is 679. The highest BCUT2D eigenvalue weighted by molar-refractivity contribution is 7.92. The van der Waals surface area contributed by atoms with Crippen LogP contribution in [0.4, 0.5) is 5.69 Å². The van der Waals surface area contributed by atoms with E-state index in [0.29, 0.717) is 10.6 Å². The molecule has 0 atom stereocenters. The Morgan fingerprint density at radius 2 is 1.53 bits per heavy atom. The third-order valence-corrected chi connectivity index (χ3v) is 5.06. The molecule has 0 bridgehead atoms. The maximum Gasteiger partial charge on any atom is 0.264 e. The summed E-state index contributed by atoms with van der Waals surface area (Å²) in [5.74, 6) is 0. The molecule has 0 unspecified atom stereocenters. The fourth-order valence-electron chi connectivity index (χ4n) is 1.81. The summed E-state index contributed by atoms with van der Waals surface area (Å²) in [6, 6.07) is 14.1. The van der Waals surface area contributed by atoms with Crippen LogP contribution in [0, 0.1) is 13.8 Å². The number of aryl methyl sites for hydroxylation is 2. The summed E-state index contributed by atoms with van der Waals surface area (Å²) in [4.78, 5) is 0.302. The highest BCUT2D eigenvalue weighted by Crippen LogP contribution is 2.23. The van der Waals surface area contributed by atoms with Crippen molar-refractivity contribution in [2.75, 3.05) is 11.4 Å². The second kappa shape index (κ2) is 5.05. The summed E-state index contributed by atoms with van der Waals surface area (Å²) in [5.41, 5.74) is 2.90. The number of anilines is 1. The first-order chi connectivity index (χ1) is 8.93. The van der Waals surface area contributed by atoms with Crippen molar-refractivity contribution >= 4 is 15.7 Å².